The van der Waals surface area contributed by atoms with Crippen molar-refractivity contribution in [3.63, 3.8) is 0 Å². The maximum absolute atomic E-state index is 12.0. The van der Waals surface area contributed by atoms with Crippen LogP contribution >= 0.6 is 34.3 Å². The molecule has 1 aromatic carbocycles. The normalized spacial score (nSPS) is 15.3. The van der Waals surface area contributed by atoms with E-state index in [-0.39, 0.29) is 10.9 Å². The van der Waals surface area contributed by atoms with Gasteiger partial charge < -0.3 is 9.47 Å². The van der Waals surface area contributed by atoms with Crippen molar-refractivity contribution in [1.82, 2.24) is 4.98 Å². The van der Waals surface area contributed by atoms with Crippen LogP contribution in [0.2, 0.25) is 5.15 Å². The number of hydrogen-bond donors (Lipinski definition) is 0. The fraction of sp³-hybridized carbons (Fsp3) is 0. The van der Waals surface area contributed by atoms with E-state index in [1.54, 1.807) is 6.08 Å². The highest BCUT2D eigenvalue weighted by Crippen LogP contribution is 2.34. The number of esters is 1. The van der Waals surface area contributed by atoms with Gasteiger partial charge in [0.1, 0.15) is 5.75 Å². The number of cyclic esters (lactones) is 1. The first-order chi connectivity index (χ1) is 12.2. The molecular weight excluding hydrogens is 380 g/mol. The number of rotatable bonds is 4. The van der Waals surface area contributed by atoms with Gasteiger partial charge >= 0.3 is 5.97 Å². The average Bonchev–Trinajstić information content (AvgIpc) is 3.31. The molecule has 2 aromatic heterocycles. The van der Waals surface area contributed by atoms with E-state index in [1.807, 2.05) is 47.8 Å². The smallest absolute Gasteiger partial charge is 0.363 e. The summed E-state index contributed by atoms with van der Waals surface area (Å²) in [6.45, 7) is 0. The largest absolute Gasteiger partial charge is 0.431 e. The predicted molar refractivity (Wildman–Crippen MR) is 98.6 cm³/mol. The molecule has 0 aliphatic carbocycles. The Kier molecular flexibility index (Phi) is 4.35. The molecule has 0 saturated heterocycles. The van der Waals surface area contributed by atoms with Gasteiger partial charge in [0.15, 0.2) is 10.9 Å². The molecule has 0 radical (unpaired) electrons. The number of aliphatic imine (C=N–C) groups is 1. The van der Waals surface area contributed by atoms with Gasteiger partial charge in [0.2, 0.25) is 5.90 Å². The van der Waals surface area contributed by atoms with Crippen LogP contribution in [0.5, 0.6) is 10.9 Å². The van der Waals surface area contributed by atoms with Crippen molar-refractivity contribution >= 4 is 52.2 Å². The van der Waals surface area contributed by atoms with Gasteiger partial charge in [-0.1, -0.05) is 47.2 Å². The van der Waals surface area contributed by atoms with Crippen LogP contribution in [0, 0.1) is 0 Å². The minimum absolute atomic E-state index is 0.181. The number of para-hydroxylation sites is 1. The third-order valence-corrected chi connectivity index (χ3v) is 5.30. The number of nitrogens with zero attached hydrogens (tertiary/aromatic N) is 2. The van der Waals surface area contributed by atoms with Crippen LogP contribution in [0.3, 0.4) is 0 Å². The average molecular weight is 389 g/mol. The lowest BCUT2D eigenvalue weighted by Gasteiger charge is -1.98. The number of carbonyl (C=O) groups excluding carboxylic acids is 1. The van der Waals surface area contributed by atoms with Gasteiger partial charge in [-0.05, 0) is 29.7 Å². The summed E-state index contributed by atoms with van der Waals surface area (Å²) in [6.07, 6.45) is 1.56. The highest BCUT2D eigenvalue weighted by molar-refractivity contribution is 7.15. The molecule has 5 nitrogen and oxygen atoms in total. The van der Waals surface area contributed by atoms with Gasteiger partial charge in [-0.15, -0.1) is 11.3 Å². The lowest BCUT2D eigenvalue weighted by molar-refractivity contribution is -0.129. The number of carbonyl (C=O) groups is 1. The molecule has 0 saturated carbocycles. The molecule has 0 amide bonds. The Morgan fingerprint density at radius 3 is 2.76 bits per heavy atom. The number of benzene rings is 1. The van der Waals surface area contributed by atoms with Gasteiger partial charge in [-0.2, -0.15) is 4.98 Å². The second kappa shape index (κ2) is 6.79. The number of halogens is 1. The Labute approximate surface area is 155 Å². The van der Waals surface area contributed by atoms with Crippen LogP contribution in [0.25, 0.3) is 6.08 Å². The number of hydrogen-bond acceptors (Lipinski definition) is 7. The lowest BCUT2D eigenvalue weighted by atomic mass is 10.3. The van der Waals surface area contributed by atoms with Crippen molar-refractivity contribution < 1.29 is 14.3 Å². The molecule has 0 N–H and O–H groups in total. The summed E-state index contributed by atoms with van der Waals surface area (Å²) in [5.74, 6) is 0.441. The molecule has 0 spiro atoms. The minimum atomic E-state index is -0.515. The first-order valence-electron chi connectivity index (χ1n) is 7.15. The molecule has 8 heteroatoms. The first-order valence-corrected chi connectivity index (χ1v) is 9.22. The molecule has 0 unspecified atom stereocenters. The Bertz CT molecular complexity index is 979. The highest BCUT2D eigenvalue weighted by atomic mass is 35.5. The number of thiophene rings is 1. The van der Waals surface area contributed by atoms with Crippen molar-refractivity contribution in [2.75, 3.05) is 0 Å². The molecule has 25 heavy (non-hydrogen) atoms. The zero-order valence-electron chi connectivity index (χ0n) is 12.5. The Morgan fingerprint density at radius 1 is 1.16 bits per heavy atom. The van der Waals surface area contributed by atoms with Crippen LogP contribution in [0.4, 0.5) is 0 Å². The van der Waals surface area contributed by atoms with E-state index in [0.29, 0.717) is 21.7 Å². The highest BCUT2D eigenvalue weighted by Gasteiger charge is 2.25. The van der Waals surface area contributed by atoms with Gasteiger partial charge in [-0.25, -0.2) is 9.79 Å². The molecule has 0 fully saturated rings. The van der Waals surface area contributed by atoms with Crippen molar-refractivity contribution in [1.29, 1.82) is 0 Å². The molecule has 1 aliphatic heterocycles. The first kappa shape index (κ1) is 16.0. The van der Waals surface area contributed by atoms with Crippen molar-refractivity contribution in [2.45, 2.75) is 0 Å². The molecule has 0 atom stereocenters. The SMILES string of the molecule is O=C1OC(c2cccs2)=N/C1=C/c1sc(Oc2ccccc2)nc1Cl. The summed E-state index contributed by atoms with van der Waals surface area (Å²) in [4.78, 5) is 21.8. The number of thiazole rings is 1. The zero-order chi connectivity index (χ0) is 17.2. The van der Waals surface area contributed by atoms with E-state index in [1.165, 1.54) is 22.7 Å². The Morgan fingerprint density at radius 2 is 2.00 bits per heavy atom. The second-order valence-corrected chi connectivity index (χ2v) is 7.16. The fourth-order valence-electron chi connectivity index (χ4n) is 2.06. The van der Waals surface area contributed by atoms with E-state index in [2.05, 4.69) is 9.98 Å². The van der Waals surface area contributed by atoms with Gasteiger partial charge in [0.25, 0.3) is 5.19 Å². The second-order valence-electron chi connectivity index (χ2n) is 4.86. The molecule has 0 bridgehead atoms. The number of aromatic nitrogens is 1. The third-order valence-electron chi connectivity index (χ3n) is 3.16. The van der Waals surface area contributed by atoms with E-state index in [0.717, 1.165) is 4.88 Å². The van der Waals surface area contributed by atoms with Crippen LogP contribution < -0.4 is 4.74 Å². The van der Waals surface area contributed by atoms with Crippen LogP contribution in [0.15, 0.2) is 58.5 Å². The summed E-state index contributed by atoms with van der Waals surface area (Å²) >= 11 is 8.82. The van der Waals surface area contributed by atoms with E-state index in [9.17, 15) is 4.79 Å². The molecule has 124 valence electrons. The van der Waals surface area contributed by atoms with Crippen molar-refractivity contribution in [3.05, 3.63) is 68.4 Å². The molecule has 4 rings (SSSR count). The molecule has 1 aliphatic rings. The topological polar surface area (TPSA) is 60.8 Å². The fourth-order valence-corrected chi connectivity index (χ4v) is 3.76. The molecular formula is C17H9ClN2O3S2. The van der Waals surface area contributed by atoms with E-state index in [4.69, 9.17) is 21.1 Å². The molecule has 3 aromatic rings. The quantitative estimate of drug-likeness (QED) is 0.466. The predicted octanol–water partition coefficient (Wildman–Crippen LogP) is 4.99. The van der Waals surface area contributed by atoms with Crippen LogP contribution in [0.1, 0.15) is 9.75 Å². The summed E-state index contributed by atoms with van der Waals surface area (Å²) in [6, 6.07) is 13.0. The van der Waals surface area contributed by atoms with E-state index >= 15 is 0 Å². The Hall–Kier alpha value is -2.48. The lowest BCUT2D eigenvalue weighted by Crippen LogP contribution is -2.03. The third kappa shape index (κ3) is 3.48. The van der Waals surface area contributed by atoms with E-state index < -0.39 is 5.97 Å². The maximum atomic E-state index is 12.0. The van der Waals surface area contributed by atoms with Crippen molar-refractivity contribution in [2.24, 2.45) is 4.99 Å². The standard InChI is InChI=1S/C17H9ClN2O3S2/c18-14-13(25-17(20-14)22-10-5-2-1-3-6-10)9-11-16(21)23-15(19-11)12-7-4-8-24-12/h1-9H/b11-9+. The van der Waals surface area contributed by atoms with Gasteiger partial charge in [0.05, 0.1) is 9.75 Å². The summed E-state index contributed by atoms with van der Waals surface area (Å²) in [7, 11) is 0. The molecule has 3 heterocycles. The van der Waals surface area contributed by atoms with Gasteiger partial charge in [0, 0.05) is 0 Å². The minimum Gasteiger partial charge on any atom is -0.431 e. The monoisotopic (exact) mass is 388 g/mol. The number of ether oxygens (including phenoxy) is 2. The zero-order valence-corrected chi connectivity index (χ0v) is 14.9. The van der Waals surface area contributed by atoms with Crippen LogP contribution in [-0.2, 0) is 9.53 Å². The summed E-state index contributed by atoms with van der Waals surface area (Å²) in [5, 5.41) is 2.52. The van der Waals surface area contributed by atoms with Gasteiger partial charge in [-0.3, -0.25) is 0 Å². The Balaban J connectivity index is 1.60. The summed E-state index contributed by atoms with van der Waals surface area (Å²) in [5.41, 5.74) is 0.181. The maximum Gasteiger partial charge on any atom is 0.363 e. The van der Waals surface area contributed by atoms with Crippen LogP contribution in [-0.4, -0.2) is 16.9 Å². The van der Waals surface area contributed by atoms with Crippen molar-refractivity contribution in [3.8, 4) is 10.9 Å². The summed E-state index contributed by atoms with van der Waals surface area (Å²) < 4.78 is 10.9.